The van der Waals surface area contributed by atoms with E-state index in [1.807, 2.05) is 0 Å². The number of amides is 5. The van der Waals surface area contributed by atoms with Crippen LogP contribution in [-0.4, -0.2) is 109 Å². The van der Waals surface area contributed by atoms with Crippen molar-refractivity contribution in [3.63, 3.8) is 0 Å². The number of rotatable bonds is 15. The molecule has 1 aliphatic heterocycles. The SMILES string of the molecule is CC(=O)N(C(=O)OC(C)(C)C)[C@@H](Cc1ccc(OP(=O)(OCCSC(=O)C(C)(C)C)OC[C@H]2O[C@@H](n3cc(C)c(=O)[nH]c3=O)C[C@@H]2N=[N+]=[N-])cc1)C(=O)N(C(=O)OC(C)(C)C)C(=O)OC(C)(C)C. The molecule has 376 valence electrons. The fourth-order valence-corrected chi connectivity index (χ4v) is 8.02. The number of phosphoric acid groups is 1. The van der Waals surface area contributed by atoms with Gasteiger partial charge in [0, 0.05) is 47.6 Å². The maximum absolute atomic E-state index is 14.5. The van der Waals surface area contributed by atoms with Crippen molar-refractivity contribution in [3.8, 4) is 5.75 Å². The second-order valence-electron chi connectivity index (χ2n) is 19.5. The summed E-state index contributed by atoms with van der Waals surface area (Å²) in [6, 6.07) is 2.43. The number of imide groups is 4. The lowest BCUT2D eigenvalue weighted by atomic mass is 10.00. The Bertz CT molecular complexity index is 2380. The fourth-order valence-electron chi connectivity index (χ4n) is 5.91. The Morgan fingerprint density at radius 3 is 1.94 bits per heavy atom. The number of aromatic nitrogens is 2. The van der Waals surface area contributed by atoms with Crippen molar-refractivity contribution in [2.24, 2.45) is 10.5 Å². The van der Waals surface area contributed by atoms with Gasteiger partial charge < -0.3 is 23.5 Å². The number of H-pyrrole nitrogens is 1. The number of aryl methyl sites for hydroxylation is 1. The molecular weight excluding hydrogens is 934 g/mol. The average molecular weight is 996 g/mol. The number of hydrogen-bond acceptors (Lipinski definition) is 18. The van der Waals surface area contributed by atoms with E-state index >= 15 is 0 Å². The third-order valence-electron chi connectivity index (χ3n) is 8.90. The summed E-state index contributed by atoms with van der Waals surface area (Å²) in [5.74, 6) is -2.46. The summed E-state index contributed by atoms with van der Waals surface area (Å²) in [4.78, 5) is 111. The van der Waals surface area contributed by atoms with E-state index in [2.05, 4.69) is 15.0 Å². The minimum atomic E-state index is -4.68. The second-order valence-corrected chi connectivity index (χ2v) is 22.2. The zero-order chi connectivity index (χ0) is 51.7. The third kappa shape index (κ3) is 17.2. The number of carbonyl (C=O) groups excluding carboxylic acids is 6. The molecule has 1 saturated heterocycles. The summed E-state index contributed by atoms with van der Waals surface area (Å²) in [7, 11) is -4.68. The van der Waals surface area contributed by atoms with Gasteiger partial charge in [-0.3, -0.25) is 37.8 Å². The maximum Gasteiger partial charge on any atom is 0.530 e. The van der Waals surface area contributed by atoms with E-state index in [0.717, 1.165) is 23.3 Å². The van der Waals surface area contributed by atoms with Crippen molar-refractivity contribution in [2.45, 2.75) is 151 Å². The lowest BCUT2D eigenvalue weighted by molar-refractivity contribution is -0.143. The Kier molecular flexibility index (Phi) is 19.0. The topological polar surface area (TPSA) is 294 Å². The molecule has 1 unspecified atom stereocenters. The number of phosphoric ester groups is 1. The van der Waals surface area contributed by atoms with Crippen LogP contribution in [0.3, 0.4) is 0 Å². The first-order valence-corrected chi connectivity index (χ1v) is 23.8. The first-order chi connectivity index (χ1) is 31.1. The molecule has 23 nitrogen and oxygen atoms in total. The number of azide groups is 1. The van der Waals surface area contributed by atoms with E-state index in [9.17, 15) is 48.5 Å². The lowest BCUT2D eigenvalue weighted by Gasteiger charge is -2.34. The first kappa shape index (κ1) is 56.8. The Morgan fingerprint density at radius 1 is 0.897 bits per heavy atom. The van der Waals surface area contributed by atoms with Crippen LogP contribution in [0.4, 0.5) is 14.4 Å². The van der Waals surface area contributed by atoms with Crippen LogP contribution in [0.2, 0.25) is 0 Å². The molecule has 1 aliphatic rings. The summed E-state index contributed by atoms with van der Waals surface area (Å²) in [6.45, 7) is 20.3. The molecule has 5 atom stereocenters. The van der Waals surface area contributed by atoms with Crippen molar-refractivity contribution >= 4 is 54.8 Å². The van der Waals surface area contributed by atoms with Gasteiger partial charge in [-0.2, -0.15) is 0 Å². The molecule has 5 amide bonds. The van der Waals surface area contributed by atoms with E-state index in [1.54, 1.807) is 20.8 Å². The maximum atomic E-state index is 14.5. The van der Waals surface area contributed by atoms with E-state index in [0.29, 0.717) is 4.90 Å². The highest BCUT2D eigenvalue weighted by Crippen LogP contribution is 2.50. The highest BCUT2D eigenvalue weighted by atomic mass is 32.2. The van der Waals surface area contributed by atoms with Gasteiger partial charge in [-0.25, -0.2) is 28.6 Å². The van der Waals surface area contributed by atoms with Gasteiger partial charge in [-0.1, -0.05) is 49.8 Å². The molecule has 1 aromatic carbocycles. The highest BCUT2D eigenvalue weighted by molar-refractivity contribution is 8.13. The van der Waals surface area contributed by atoms with Gasteiger partial charge in [0.2, 0.25) is 5.91 Å². The van der Waals surface area contributed by atoms with E-state index in [1.165, 1.54) is 99.7 Å². The molecule has 68 heavy (non-hydrogen) atoms. The molecule has 0 saturated carbocycles. The molecule has 1 fully saturated rings. The van der Waals surface area contributed by atoms with Crippen LogP contribution < -0.4 is 15.8 Å². The molecule has 1 N–H and O–H groups in total. The normalized spacial score (nSPS) is 17.7. The summed E-state index contributed by atoms with van der Waals surface area (Å²) in [5.41, 5.74) is 4.05. The van der Waals surface area contributed by atoms with Crippen molar-refractivity contribution in [3.05, 3.63) is 72.9 Å². The summed E-state index contributed by atoms with van der Waals surface area (Å²) < 4.78 is 54.9. The molecular formula is C43H62N7O16PS. The molecule has 2 heterocycles. The van der Waals surface area contributed by atoms with Crippen LogP contribution >= 0.6 is 19.6 Å². The van der Waals surface area contributed by atoms with Crippen LogP contribution in [0.1, 0.15) is 114 Å². The Balaban J connectivity index is 2.03. The molecule has 0 spiro atoms. The van der Waals surface area contributed by atoms with Crippen LogP contribution in [0.5, 0.6) is 5.75 Å². The summed E-state index contributed by atoms with van der Waals surface area (Å²) in [6.07, 6.45) is -5.57. The Morgan fingerprint density at radius 2 is 1.44 bits per heavy atom. The molecule has 0 radical (unpaired) electrons. The number of carbonyl (C=O) groups is 6. The molecule has 1 aromatic heterocycles. The molecule has 0 bridgehead atoms. The van der Waals surface area contributed by atoms with Gasteiger partial charge in [-0.15, -0.1) is 4.90 Å². The Hall–Kier alpha value is -5.51. The molecule has 2 aromatic rings. The van der Waals surface area contributed by atoms with Crippen molar-refractivity contribution < 1.29 is 65.9 Å². The number of aromatic amines is 1. The van der Waals surface area contributed by atoms with E-state index < -0.39 is 109 Å². The smallest absolute Gasteiger partial charge is 0.443 e. The number of thioether (sulfide) groups is 1. The monoisotopic (exact) mass is 995 g/mol. The fraction of sp³-hybridized carbons (Fsp3) is 0.628. The predicted molar refractivity (Wildman–Crippen MR) is 247 cm³/mol. The largest absolute Gasteiger partial charge is 0.530 e. The van der Waals surface area contributed by atoms with Gasteiger partial charge in [0.1, 0.15) is 34.8 Å². The number of ether oxygens (including phenoxy) is 4. The van der Waals surface area contributed by atoms with Gasteiger partial charge in [0.25, 0.3) is 11.5 Å². The van der Waals surface area contributed by atoms with E-state index in [-0.39, 0.29) is 45.7 Å². The van der Waals surface area contributed by atoms with Crippen LogP contribution in [0, 0.1) is 12.3 Å². The average Bonchev–Trinajstić information content (AvgIpc) is 3.57. The van der Waals surface area contributed by atoms with Crippen LogP contribution in [-0.2, 0) is 53.4 Å². The first-order valence-electron chi connectivity index (χ1n) is 21.3. The second kappa shape index (κ2) is 22.7. The standard InChI is InChI=1S/C43H62N7O16PS/c1-25-23-48(36(55)45-33(25)52)32-22-29(46-47-44)31(62-32)24-61-67(59,60-19-20-68-35(54)40(3,4)5)66-28-17-15-27(16-18-28)21-30(49(26(2)51)37(56)63-41(6,7)8)34(53)50(38(57)64-42(9,10)11)39(58)65-43(12,13)14/h15-18,23,29-32H,19-22,24H2,1-14H3,(H,45,52,55)/t29-,30-,31+,32+,67?/m0/s1. The number of nitrogens with one attached hydrogen (secondary N) is 1. The van der Waals surface area contributed by atoms with Crippen LogP contribution in [0.15, 0.2) is 45.2 Å². The van der Waals surface area contributed by atoms with Gasteiger partial charge >= 0.3 is 31.8 Å². The zero-order valence-electron chi connectivity index (χ0n) is 40.8. The number of benzene rings is 1. The van der Waals surface area contributed by atoms with Crippen molar-refractivity contribution in [2.75, 3.05) is 19.0 Å². The number of hydrogen-bond donors (Lipinski definition) is 1. The van der Waals surface area contributed by atoms with Gasteiger partial charge in [0.05, 0.1) is 25.4 Å². The minimum absolute atomic E-state index is 0.0334. The van der Waals surface area contributed by atoms with Crippen molar-refractivity contribution in [1.29, 1.82) is 0 Å². The quantitative estimate of drug-likeness (QED) is 0.0445. The third-order valence-corrected chi connectivity index (χ3v) is 11.5. The number of nitrogens with zero attached hydrogens (tertiary/aromatic N) is 6. The van der Waals surface area contributed by atoms with Gasteiger partial charge in [0.15, 0.2) is 5.12 Å². The van der Waals surface area contributed by atoms with Gasteiger partial charge in [-0.05, 0) is 92.5 Å². The Labute approximate surface area is 398 Å². The zero-order valence-corrected chi connectivity index (χ0v) is 42.5. The summed E-state index contributed by atoms with van der Waals surface area (Å²) in [5, 5.41) is 3.58. The minimum Gasteiger partial charge on any atom is -0.443 e. The van der Waals surface area contributed by atoms with Crippen LogP contribution in [0.25, 0.3) is 10.4 Å². The van der Waals surface area contributed by atoms with Crippen molar-refractivity contribution in [1.82, 2.24) is 19.4 Å². The predicted octanol–water partition coefficient (Wildman–Crippen LogP) is 7.73. The lowest BCUT2D eigenvalue weighted by Crippen LogP contribution is -2.58. The molecule has 3 rings (SSSR count). The highest BCUT2D eigenvalue weighted by Gasteiger charge is 2.45. The van der Waals surface area contributed by atoms with E-state index in [4.69, 9.17) is 32.5 Å². The summed E-state index contributed by atoms with van der Waals surface area (Å²) >= 11 is 0.928. The molecule has 25 heteroatoms. The molecule has 0 aliphatic carbocycles.